The van der Waals surface area contributed by atoms with Crippen molar-refractivity contribution in [1.29, 1.82) is 0 Å². The molecule has 2 unspecified atom stereocenters. The van der Waals surface area contributed by atoms with Crippen LogP contribution in [-0.2, 0) is 27.1 Å². The Morgan fingerprint density at radius 3 is 1.91 bits per heavy atom. The highest BCUT2D eigenvalue weighted by atomic mass is 32.1. The fourth-order valence-electron chi connectivity index (χ4n) is 14.7. The van der Waals surface area contributed by atoms with Crippen molar-refractivity contribution >= 4 is 87.8 Å². The van der Waals surface area contributed by atoms with E-state index >= 15 is 0 Å². The van der Waals surface area contributed by atoms with Crippen molar-refractivity contribution in [2.24, 2.45) is 0 Å². The summed E-state index contributed by atoms with van der Waals surface area (Å²) >= 11 is 1.98. The number of fused-ring (bicyclic) bond motifs is 16. The number of thiophene rings is 1. The van der Waals surface area contributed by atoms with Crippen molar-refractivity contribution in [3.63, 3.8) is 0 Å². The average Bonchev–Trinajstić information content (AvgIpc) is 3.89. The molecular formula is C61H59BN2S. The first-order valence-corrected chi connectivity index (χ1v) is 25.4. The maximum atomic E-state index is 2.91. The molecule has 0 spiro atoms. The fourth-order valence-corrected chi connectivity index (χ4v) is 15.8. The Kier molecular flexibility index (Phi) is 7.28. The van der Waals surface area contributed by atoms with Crippen LogP contribution >= 0.6 is 11.3 Å². The molecule has 14 rings (SSSR count). The normalized spacial score (nSPS) is 22.3. The van der Waals surface area contributed by atoms with Gasteiger partial charge in [-0.05, 0) is 150 Å². The Morgan fingerprint density at radius 2 is 1.17 bits per heavy atom. The molecule has 2 aromatic heterocycles. The topological polar surface area (TPSA) is 8.17 Å². The summed E-state index contributed by atoms with van der Waals surface area (Å²) in [5.41, 5.74) is 19.4. The van der Waals surface area contributed by atoms with E-state index in [-0.39, 0.29) is 45.8 Å². The van der Waals surface area contributed by atoms with Gasteiger partial charge in [0.1, 0.15) is 0 Å². The zero-order chi connectivity index (χ0) is 44.5. The summed E-state index contributed by atoms with van der Waals surface area (Å²) in [6.07, 6.45) is 4.83. The third kappa shape index (κ3) is 4.83. The molecule has 2 nitrogen and oxygen atoms in total. The largest absolute Gasteiger partial charge is 0.379 e. The Morgan fingerprint density at radius 1 is 0.538 bits per heavy atom. The summed E-state index contributed by atoms with van der Waals surface area (Å²) in [7, 11) is 0. The molecule has 0 fully saturated rings. The third-order valence-electron chi connectivity index (χ3n) is 18.4. The van der Waals surface area contributed by atoms with E-state index < -0.39 is 0 Å². The lowest BCUT2D eigenvalue weighted by Gasteiger charge is -2.50. The second-order valence-corrected chi connectivity index (χ2v) is 25.3. The molecule has 7 aromatic carbocycles. The van der Waals surface area contributed by atoms with Crippen LogP contribution in [0.4, 0.5) is 11.4 Å². The number of nitrogens with zero attached hydrogens (tertiary/aromatic N) is 2. The van der Waals surface area contributed by atoms with Crippen molar-refractivity contribution in [1.82, 2.24) is 4.48 Å². The minimum Gasteiger partial charge on any atom is -0.379 e. The Balaban J connectivity index is 1.18. The van der Waals surface area contributed by atoms with Crippen LogP contribution in [0.2, 0.25) is 5.82 Å². The number of benzene rings is 7. The van der Waals surface area contributed by atoms with E-state index in [2.05, 4.69) is 194 Å². The first-order chi connectivity index (χ1) is 31.0. The van der Waals surface area contributed by atoms with Gasteiger partial charge in [-0.3, -0.25) is 0 Å². The van der Waals surface area contributed by atoms with Gasteiger partial charge in [-0.1, -0.05) is 148 Å². The molecule has 9 aromatic rings. The summed E-state index contributed by atoms with van der Waals surface area (Å²) < 4.78 is 5.64. The molecular weight excluding hydrogens is 804 g/mol. The van der Waals surface area contributed by atoms with Gasteiger partial charge in [0.2, 0.25) is 0 Å². The summed E-state index contributed by atoms with van der Waals surface area (Å²) in [5.74, 6) is 0.236. The van der Waals surface area contributed by atoms with Gasteiger partial charge in [-0.15, -0.1) is 11.3 Å². The zero-order valence-electron chi connectivity index (χ0n) is 39.8. The van der Waals surface area contributed by atoms with Crippen LogP contribution in [0.15, 0.2) is 115 Å². The summed E-state index contributed by atoms with van der Waals surface area (Å²) in [6.45, 7) is 25.3. The Labute approximate surface area is 388 Å². The van der Waals surface area contributed by atoms with Gasteiger partial charge in [0.25, 0.3) is 0 Å². The van der Waals surface area contributed by atoms with Crippen LogP contribution in [0, 0.1) is 0 Å². The lowest BCUT2D eigenvalue weighted by molar-refractivity contribution is 0.331. The van der Waals surface area contributed by atoms with Gasteiger partial charge in [0.05, 0.1) is 6.04 Å². The second kappa shape index (κ2) is 12.2. The van der Waals surface area contributed by atoms with Crippen LogP contribution in [0.5, 0.6) is 0 Å². The average molecular weight is 863 g/mol. The van der Waals surface area contributed by atoms with Gasteiger partial charge in [0, 0.05) is 58.9 Å². The van der Waals surface area contributed by atoms with E-state index in [1.54, 1.807) is 22.3 Å². The molecule has 4 heteroatoms. The number of para-hydroxylation sites is 1. The predicted octanol–water partition coefficient (Wildman–Crippen LogP) is 16.3. The van der Waals surface area contributed by atoms with Gasteiger partial charge in [-0.2, -0.15) is 0 Å². The Bertz CT molecular complexity index is 3630. The molecule has 3 aliphatic carbocycles. The molecule has 0 saturated heterocycles. The van der Waals surface area contributed by atoms with Gasteiger partial charge in [-0.25, -0.2) is 0 Å². The van der Waals surface area contributed by atoms with Gasteiger partial charge >= 0.3 is 6.85 Å². The number of rotatable bonds is 1. The molecule has 322 valence electrons. The van der Waals surface area contributed by atoms with Crippen LogP contribution in [-0.4, -0.2) is 11.3 Å². The molecule has 0 bridgehead atoms. The summed E-state index contributed by atoms with van der Waals surface area (Å²) in [5, 5.41) is 8.18. The van der Waals surface area contributed by atoms with E-state index in [9.17, 15) is 0 Å². The molecule has 2 aliphatic heterocycles. The number of hydrogen-bond donors (Lipinski definition) is 0. The molecule has 2 atom stereocenters. The van der Waals surface area contributed by atoms with E-state index in [0.717, 1.165) is 0 Å². The maximum Gasteiger partial charge on any atom is 0.303 e. The molecule has 0 saturated carbocycles. The van der Waals surface area contributed by atoms with Crippen molar-refractivity contribution in [3.8, 4) is 11.1 Å². The first-order valence-electron chi connectivity index (χ1n) is 24.5. The van der Waals surface area contributed by atoms with E-state index in [1.807, 2.05) is 11.3 Å². The number of aromatic nitrogens is 1. The monoisotopic (exact) mass is 862 g/mol. The molecule has 65 heavy (non-hydrogen) atoms. The minimum atomic E-state index is -0.155. The van der Waals surface area contributed by atoms with Crippen molar-refractivity contribution in [2.75, 3.05) is 4.90 Å². The first kappa shape index (κ1) is 38.9. The second-order valence-electron chi connectivity index (χ2n) is 24.2. The summed E-state index contributed by atoms with van der Waals surface area (Å²) in [6, 6.07) is 46.5. The maximum absolute atomic E-state index is 2.91. The lowest BCUT2D eigenvalue weighted by Crippen LogP contribution is -2.57. The van der Waals surface area contributed by atoms with Crippen molar-refractivity contribution in [2.45, 2.75) is 134 Å². The van der Waals surface area contributed by atoms with Gasteiger partial charge < -0.3 is 9.38 Å². The van der Waals surface area contributed by atoms with Crippen LogP contribution in [0.1, 0.15) is 134 Å². The highest BCUT2D eigenvalue weighted by Crippen LogP contribution is 2.66. The smallest absolute Gasteiger partial charge is 0.303 e. The highest BCUT2D eigenvalue weighted by molar-refractivity contribution is 7.26. The minimum absolute atomic E-state index is 0.0896. The van der Waals surface area contributed by atoms with E-state index in [0.29, 0.717) is 0 Å². The molecule has 0 radical (unpaired) electrons. The third-order valence-corrected chi connectivity index (χ3v) is 19.5. The lowest BCUT2D eigenvalue weighted by atomic mass is 9.36. The molecule has 0 amide bonds. The quantitative estimate of drug-likeness (QED) is 0.149. The van der Waals surface area contributed by atoms with Gasteiger partial charge in [0.15, 0.2) is 0 Å². The molecule has 0 N–H and O–H groups in total. The molecule has 4 heterocycles. The van der Waals surface area contributed by atoms with E-state index in [1.165, 1.54) is 118 Å². The zero-order valence-corrected chi connectivity index (χ0v) is 40.6. The number of hydrogen-bond acceptors (Lipinski definition) is 2. The molecule has 5 aliphatic rings. The van der Waals surface area contributed by atoms with Crippen LogP contribution < -0.4 is 10.4 Å². The SMILES string of the molecule is CC1(C)CCC(C)(C)c2cc(N3c4cc5sc6ccccc6c5c5c4B(C4C3c3cc6c(cc3C4(C)C)C(C)(C)CCC6(C)C)n3c4cc6ccccc6cc4c4cccc-5c43)ccc21. The van der Waals surface area contributed by atoms with E-state index in [4.69, 9.17) is 0 Å². The number of anilines is 2. The Hall–Kier alpha value is -5.32. The van der Waals surface area contributed by atoms with Crippen LogP contribution in [0.25, 0.3) is 63.9 Å². The van der Waals surface area contributed by atoms with Crippen molar-refractivity contribution in [3.05, 3.63) is 149 Å². The highest BCUT2D eigenvalue weighted by Gasteiger charge is 2.61. The standard InChI is InChI=1S/C61H59BN2S/c1-57(2)24-25-58(3,4)44-30-36(22-23-42(44)57)63-48-33-50-51(38-18-13-14-21-49(38)65-50)52-39-20-15-19-37-40-28-34-16-11-12-17-35(34)29-47(40)64(54(37)39)62(53(48)52)56-55(63)41-31-45-46(32-43(41)61(56,9)10)60(7,8)27-26-59(45,5)6/h11-23,28-33,55-56H,24-27H2,1-10H3. The fraction of sp³-hybridized carbons (Fsp3) is 0.344. The van der Waals surface area contributed by atoms with Crippen molar-refractivity contribution < 1.29 is 0 Å². The van der Waals surface area contributed by atoms with Crippen LogP contribution in [0.3, 0.4) is 0 Å². The predicted molar refractivity (Wildman–Crippen MR) is 281 cm³/mol. The summed E-state index contributed by atoms with van der Waals surface area (Å²) in [4.78, 5) is 2.91.